The van der Waals surface area contributed by atoms with E-state index in [2.05, 4.69) is 10.1 Å². The molecule has 3 amide bonds. The van der Waals surface area contributed by atoms with E-state index in [1.807, 2.05) is 0 Å². The molecule has 0 spiro atoms. The van der Waals surface area contributed by atoms with E-state index in [0.717, 1.165) is 7.11 Å². The van der Waals surface area contributed by atoms with Crippen molar-refractivity contribution in [2.45, 2.75) is 65.7 Å². The summed E-state index contributed by atoms with van der Waals surface area (Å²) >= 11 is 0. The van der Waals surface area contributed by atoms with Crippen molar-refractivity contribution in [3.05, 3.63) is 0 Å². The lowest BCUT2D eigenvalue weighted by atomic mass is 10.2. The second kappa shape index (κ2) is 8.68. The van der Waals surface area contributed by atoms with Gasteiger partial charge in [0, 0.05) is 0 Å². The third-order valence-corrected chi connectivity index (χ3v) is 2.50. The number of amides is 3. The fourth-order valence-electron chi connectivity index (χ4n) is 1.52. The molecule has 0 fully saturated rings. The predicted molar refractivity (Wildman–Crippen MR) is 88.8 cm³/mol. The number of imide groups is 1. The van der Waals surface area contributed by atoms with Gasteiger partial charge in [0.15, 0.2) is 0 Å². The van der Waals surface area contributed by atoms with E-state index in [1.54, 1.807) is 41.5 Å². The van der Waals surface area contributed by atoms with Gasteiger partial charge in [-0.2, -0.15) is 0 Å². The van der Waals surface area contributed by atoms with Gasteiger partial charge >= 0.3 is 18.2 Å². The Hall–Kier alpha value is -2.32. The van der Waals surface area contributed by atoms with E-state index in [4.69, 9.17) is 9.47 Å². The Bertz CT molecular complexity index is 518. The molecule has 0 aromatic heterocycles. The molecule has 0 aromatic carbocycles. The Morgan fingerprint density at radius 3 is 1.84 bits per heavy atom. The summed E-state index contributed by atoms with van der Waals surface area (Å²) in [7, 11) is 1.13. The van der Waals surface area contributed by atoms with E-state index in [-0.39, 0.29) is 0 Å². The molecule has 9 heteroatoms. The highest BCUT2D eigenvalue weighted by molar-refractivity contribution is 5.98. The average molecular weight is 360 g/mol. The van der Waals surface area contributed by atoms with Crippen molar-refractivity contribution in [1.29, 1.82) is 0 Å². The lowest BCUT2D eigenvalue weighted by molar-refractivity contribution is -0.147. The highest BCUT2D eigenvalue weighted by Gasteiger charge is 2.33. The molecule has 0 rings (SSSR count). The van der Waals surface area contributed by atoms with Crippen molar-refractivity contribution in [2.24, 2.45) is 0 Å². The standard InChI is InChI=1S/C16H28N2O7/c1-10(17-13(21)24-15(2,3)4)12(20)18(9-11(19)23-8)14(22)25-16(5,6)7/h10H,9H2,1-8H3,(H,17,21)/t10-/m0/s1. The third kappa shape index (κ3) is 9.53. The Morgan fingerprint density at radius 1 is 0.960 bits per heavy atom. The van der Waals surface area contributed by atoms with Crippen molar-refractivity contribution in [3.63, 3.8) is 0 Å². The van der Waals surface area contributed by atoms with Crippen molar-refractivity contribution in [2.75, 3.05) is 13.7 Å². The molecule has 1 atom stereocenters. The molecule has 0 aliphatic rings. The lowest BCUT2D eigenvalue weighted by Crippen LogP contribution is -2.52. The van der Waals surface area contributed by atoms with Crippen LogP contribution in [-0.2, 0) is 23.8 Å². The zero-order chi connectivity index (χ0) is 20.0. The van der Waals surface area contributed by atoms with Gasteiger partial charge in [-0.15, -0.1) is 0 Å². The first-order valence-electron chi connectivity index (χ1n) is 7.77. The Kier molecular flexibility index (Phi) is 7.88. The predicted octanol–water partition coefficient (Wildman–Crippen LogP) is 1.84. The van der Waals surface area contributed by atoms with Crippen LogP contribution in [0.15, 0.2) is 0 Å². The summed E-state index contributed by atoms with van der Waals surface area (Å²) in [6.07, 6.45) is -1.84. The maximum atomic E-state index is 12.5. The minimum absolute atomic E-state index is 0.582. The number of hydrogen-bond acceptors (Lipinski definition) is 7. The van der Waals surface area contributed by atoms with Gasteiger partial charge in [-0.1, -0.05) is 0 Å². The number of nitrogens with one attached hydrogen (secondary N) is 1. The summed E-state index contributed by atoms with van der Waals surface area (Å²) in [4.78, 5) is 48.5. The van der Waals surface area contributed by atoms with Gasteiger partial charge in [-0.25, -0.2) is 14.5 Å². The van der Waals surface area contributed by atoms with Crippen LogP contribution in [0, 0.1) is 0 Å². The maximum Gasteiger partial charge on any atom is 0.417 e. The molecule has 0 bridgehead atoms. The molecule has 9 nitrogen and oxygen atoms in total. The van der Waals surface area contributed by atoms with Crippen LogP contribution in [0.1, 0.15) is 48.5 Å². The number of nitrogens with zero attached hydrogens (tertiary/aromatic N) is 1. The van der Waals surface area contributed by atoms with E-state index >= 15 is 0 Å². The lowest BCUT2D eigenvalue weighted by Gasteiger charge is -2.28. The van der Waals surface area contributed by atoms with Gasteiger partial charge in [-0.3, -0.25) is 9.59 Å². The van der Waals surface area contributed by atoms with Crippen LogP contribution in [0.4, 0.5) is 9.59 Å². The first kappa shape index (κ1) is 22.7. The molecule has 25 heavy (non-hydrogen) atoms. The van der Waals surface area contributed by atoms with Gasteiger partial charge < -0.3 is 19.5 Å². The molecule has 0 saturated heterocycles. The van der Waals surface area contributed by atoms with E-state index < -0.39 is 47.9 Å². The largest absolute Gasteiger partial charge is 0.468 e. The number of rotatable bonds is 4. The molecule has 0 radical (unpaired) electrons. The Balaban J connectivity index is 5.16. The van der Waals surface area contributed by atoms with Gasteiger partial charge in [0.05, 0.1) is 7.11 Å². The topological polar surface area (TPSA) is 111 Å². The van der Waals surface area contributed by atoms with E-state index in [1.165, 1.54) is 6.92 Å². The summed E-state index contributed by atoms with van der Waals surface area (Å²) in [5, 5.41) is 2.31. The second-order valence-electron chi connectivity index (χ2n) is 7.35. The quantitative estimate of drug-likeness (QED) is 0.601. The summed E-state index contributed by atoms with van der Waals surface area (Å²) in [6.45, 7) is 10.6. The summed E-state index contributed by atoms with van der Waals surface area (Å²) < 4.78 is 14.7. The average Bonchev–Trinajstić information content (AvgIpc) is 2.39. The molecule has 0 aromatic rings. The number of carbonyl (C=O) groups is 4. The zero-order valence-corrected chi connectivity index (χ0v) is 16.1. The Morgan fingerprint density at radius 2 is 1.44 bits per heavy atom. The van der Waals surface area contributed by atoms with Crippen molar-refractivity contribution < 1.29 is 33.4 Å². The third-order valence-electron chi connectivity index (χ3n) is 2.50. The number of carbonyl (C=O) groups excluding carboxylic acids is 4. The minimum atomic E-state index is -1.12. The SMILES string of the molecule is COC(=O)CN(C(=O)OC(C)(C)C)C(=O)[C@H](C)NC(=O)OC(C)(C)C. The summed E-state index contributed by atoms with van der Waals surface area (Å²) in [5.41, 5.74) is -1.61. The van der Waals surface area contributed by atoms with Gasteiger partial charge in [0.1, 0.15) is 23.8 Å². The highest BCUT2D eigenvalue weighted by atomic mass is 16.6. The smallest absolute Gasteiger partial charge is 0.417 e. The van der Waals surface area contributed by atoms with Gasteiger partial charge in [0.25, 0.3) is 5.91 Å². The van der Waals surface area contributed by atoms with Crippen molar-refractivity contribution in [3.8, 4) is 0 Å². The molecule has 0 aliphatic carbocycles. The fraction of sp³-hybridized carbons (Fsp3) is 0.750. The molecule has 144 valence electrons. The highest BCUT2D eigenvalue weighted by Crippen LogP contribution is 2.12. The van der Waals surface area contributed by atoms with E-state index in [0.29, 0.717) is 4.90 Å². The first-order valence-corrected chi connectivity index (χ1v) is 7.77. The van der Waals surface area contributed by atoms with Crippen molar-refractivity contribution >= 4 is 24.1 Å². The monoisotopic (exact) mass is 360 g/mol. The molecular weight excluding hydrogens is 332 g/mol. The van der Waals surface area contributed by atoms with Crippen LogP contribution in [0.3, 0.4) is 0 Å². The Labute approximate surface area is 148 Å². The van der Waals surface area contributed by atoms with E-state index in [9.17, 15) is 19.2 Å². The minimum Gasteiger partial charge on any atom is -0.468 e. The second-order valence-corrected chi connectivity index (χ2v) is 7.35. The zero-order valence-electron chi connectivity index (χ0n) is 16.1. The molecule has 0 unspecified atom stereocenters. The summed E-state index contributed by atoms with van der Waals surface area (Å²) in [5.74, 6) is -1.63. The number of hydrogen-bond donors (Lipinski definition) is 1. The number of esters is 1. The van der Waals surface area contributed by atoms with Crippen LogP contribution < -0.4 is 5.32 Å². The molecule has 0 heterocycles. The summed E-state index contributed by atoms with van der Waals surface area (Å²) in [6, 6.07) is -1.12. The van der Waals surface area contributed by atoms with Crippen LogP contribution >= 0.6 is 0 Å². The number of methoxy groups -OCH3 is 1. The molecule has 0 saturated carbocycles. The molecule has 1 N–H and O–H groups in total. The van der Waals surface area contributed by atoms with Gasteiger partial charge in [-0.05, 0) is 48.5 Å². The normalized spacial score (nSPS) is 12.6. The van der Waals surface area contributed by atoms with Crippen LogP contribution in [-0.4, -0.2) is 59.9 Å². The number of alkyl carbamates (subject to hydrolysis) is 1. The number of ether oxygens (including phenoxy) is 3. The van der Waals surface area contributed by atoms with Crippen LogP contribution in [0.5, 0.6) is 0 Å². The maximum absolute atomic E-state index is 12.5. The van der Waals surface area contributed by atoms with Gasteiger partial charge in [0.2, 0.25) is 0 Å². The van der Waals surface area contributed by atoms with Crippen LogP contribution in [0.25, 0.3) is 0 Å². The molecule has 0 aliphatic heterocycles. The first-order chi connectivity index (χ1) is 11.2. The van der Waals surface area contributed by atoms with Crippen molar-refractivity contribution in [1.82, 2.24) is 10.2 Å². The van der Waals surface area contributed by atoms with Crippen LogP contribution in [0.2, 0.25) is 0 Å². The molecular formula is C16H28N2O7. The fourth-order valence-corrected chi connectivity index (χ4v) is 1.52.